The van der Waals surface area contributed by atoms with E-state index in [9.17, 15) is 13.2 Å². The quantitative estimate of drug-likeness (QED) is 0.742. The molecular formula is C21H30N2O5S. The van der Waals surface area contributed by atoms with Crippen LogP contribution >= 0.6 is 0 Å². The number of hydrogen-bond acceptors (Lipinski definition) is 5. The number of piperidine rings is 2. The summed E-state index contributed by atoms with van der Waals surface area (Å²) < 4.78 is 38.5. The molecule has 1 amide bonds. The van der Waals surface area contributed by atoms with E-state index in [1.54, 1.807) is 12.1 Å². The standard InChI is InChI=1S/C21H30N2O5S/c1-16-4-6-19(7-5-16)29(25,26)23-11-8-17(9-12-23)20(24)22-10-2-3-18(15-22)21-27-13-14-28-21/h4-7,17-18,21H,2-3,8-15H2,1H3. The van der Waals surface area contributed by atoms with Crippen molar-refractivity contribution in [3.8, 4) is 0 Å². The fraction of sp³-hybridized carbons (Fsp3) is 0.667. The lowest BCUT2D eigenvalue weighted by Gasteiger charge is -2.38. The molecule has 0 bridgehead atoms. The summed E-state index contributed by atoms with van der Waals surface area (Å²) in [4.78, 5) is 15.3. The Morgan fingerprint density at radius 3 is 2.31 bits per heavy atom. The Morgan fingerprint density at radius 1 is 1.00 bits per heavy atom. The van der Waals surface area contributed by atoms with Crippen molar-refractivity contribution in [2.45, 2.75) is 43.8 Å². The Morgan fingerprint density at radius 2 is 1.66 bits per heavy atom. The smallest absolute Gasteiger partial charge is 0.243 e. The SMILES string of the molecule is Cc1ccc(S(=O)(=O)N2CCC(C(=O)N3CCCC(C4OCCO4)C3)CC2)cc1. The lowest BCUT2D eigenvalue weighted by Crippen LogP contribution is -2.48. The maximum Gasteiger partial charge on any atom is 0.243 e. The van der Waals surface area contributed by atoms with Gasteiger partial charge in [0.15, 0.2) is 6.29 Å². The van der Waals surface area contributed by atoms with E-state index in [0.717, 1.165) is 24.9 Å². The summed E-state index contributed by atoms with van der Waals surface area (Å²) in [6, 6.07) is 6.94. The van der Waals surface area contributed by atoms with Crippen LogP contribution in [0.5, 0.6) is 0 Å². The average Bonchev–Trinajstić information content (AvgIpc) is 3.29. The van der Waals surface area contributed by atoms with E-state index in [2.05, 4.69) is 0 Å². The van der Waals surface area contributed by atoms with Gasteiger partial charge in [0.1, 0.15) is 0 Å². The molecule has 0 radical (unpaired) electrons. The number of amides is 1. The minimum Gasteiger partial charge on any atom is -0.350 e. The zero-order valence-corrected chi connectivity index (χ0v) is 17.8. The number of ether oxygens (including phenoxy) is 2. The molecule has 7 nitrogen and oxygen atoms in total. The minimum absolute atomic E-state index is 0.108. The minimum atomic E-state index is -3.50. The number of hydrogen-bond donors (Lipinski definition) is 0. The van der Waals surface area contributed by atoms with Gasteiger partial charge >= 0.3 is 0 Å². The van der Waals surface area contributed by atoms with Crippen molar-refractivity contribution >= 4 is 15.9 Å². The number of aryl methyl sites for hydroxylation is 1. The van der Waals surface area contributed by atoms with Crippen molar-refractivity contribution in [2.75, 3.05) is 39.4 Å². The van der Waals surface area contributed by atoms with Gasteiger partial charge in [0.05, 0.1) is 18.1 Å². The first-order valence-electron chi connectivity index (χ1n) is 10.5. The highest BCUT2D eigenvalue weighted by Gasteiger charge is 2.37. The third kappa shape index (κ3) is 4.50. The zero-order valence-electron chi connectivity index (χ0n) is 17.0. The second-order valence-corrected chi connectivity index (χ2v) is 10.2. The molecule has 0 aromatic heterocycles. The van der Waals surface area contributed by atoms with Gasteiger partial charge in [-0.2, -0.15) is 4.31 Å². The zero-order chi connectivity index (χ0) is 20.4. The van der Waals surface area contributed by atoms with Gasteiger partial charge in [-0.05, 0) is 44.7 Å². The van der Waals surface area contributed by atoms with Gasteiger partial charge < -0.3 is 14.4 Å². The van der Waals surface area contributed by atoms with E-state index in [1.165, 1.54) is 4.31 Å². The second kappa shape index (κ2) is 8.71. The summed E-state index contributed by atoms with van der Waals surface area (Å²) in [5.41, 5.74) is 1.03. The molecule has 0 spiro atoms. The Kier molecular flexibility index (Phi) is 6.24. The molecule has 1 atom stereocenters. The number of carbonyl (C=O) groups excluding carboxylic acids is 1. The van der Waals surface area contributed by atoms with Gasteiger partial charge in [0.25, 0.3) is 0 Å². The molecule has 3 saturated heterocycles. The molecule has 29 heavy (non-hydrogen) atoms. The summed E-state index contributed by atoms with van der Waals surface area (Å²) in [5, 5.41) is 0. The van der Waals surface area contributed by atoms with Crippen molar-refractivity contribution in [1.29, 1.82) is 0 Å². The molecule has 0 N–H and O–H groups in total. The summed E-state index contributed by atoms with van der Waals surface area (Å²) in [6.45, 7) is 5.41. The fourth-order valence-corrected chi connectivity index (χ4v) is 6.01. The van der Waals surface area contributed by atoms with Gasteiger partial charge in [-0.3, -0.25) is 4.79 Å². The molecule has 3 aliphatic heterocycles. The largest absolute Gasteiger partial charge is 0.350 e. The van der Waals surface area contributed by atoms with Gasteiger partial charge in [0.2, 0.25) is 15.9 Å². The Labute approximate surface area is 173 Å². The summed E-state index contributed by atoms with van der Waals surface area (Å²) >= 11 is 0. The third-order valence-corrected chi connectivity index (χ3v) is 8.18. The number of nitrogens with zero attached hydrogens (tertiary/aromatic N) is 2. The van der Waals surface area contributed by atoms with Crippen molar-refractivity contribution in [3.05, 3.63) is 29.8 Å². The number of carbonyl (C=O) groups is 1. The normalized spacial score (nSPS) is 25.4. The van der Waals surface area contributed by atoms with Crippen LogP contribution in [0.1, 0.15) is 31.2 Å². The Bertz CT molecular complexity index is 812. The predicted octanol–water partition coefficient (Wildman–Crippen LogP) is 2.01. The predicted molar refractivity (Wildman–Crippen MR) is 108 cm³/mol. The third-order valence-electron chi connectivity index (χ3n) is 6.26. The van der Waals surface area contributed by atoms with Crippen LogP contribution in [0, 0.1) is 18.8 Å². The Balaban J connectivity index is 1.34. The second-order valence-electron chi connectivity index (χ2n) is 8.29. The van der Waals surface area contributed by atoms with Crippen LogP contribution in [-0.4, -0.2) is 69.2 Å². The molecule has 1 aromatic carbocycles. The summed E-state index contributed by atoms with van der Waals surface area (Å²) in [7, 11) is -3.50. The van der Waals surface area contributed by atoms with E-state index in [1.807, 2.05) is 24.0 Å². The van der Waals surface area contributed by atoms with Crippen LogP contribution in [0.2, 0.25) is 0 Å². The highest BCUT2D eigenvalue weighted by Crippen LogP contribution is 2.29. The molecule has 3 fully saturated rings. The van der Waals surface area contributed by atoms with Crippen molar-refractivity contribution in [1.82, 2.24) is 9.21 Å². The molecule has 160 valence electrons. The fourth-order valence-electron chi connectivity index (χ4n) is 4.54. The molecule has 3 heterocycles. The van der Waals surface area contributed by atoms with Crippen LogP contribution in [0.3, 0.4) is 0 Å². The maximum atomic E-state index is 13.1. The number of rotatable bonds is 4. The van der Waals surface area contributed by atoms with Gasteiger partial charge in [0, 0.05) is 38.0 Å². The molecule has 4 rings (SSSR count). The molecule has 0 aliphatic carbocycles. The van der Waals surface area contributed by atoms with Crippen molar-refractivity contribution in [3.63, 3.8) is 0 Å². The van der Waals surface area contributed by atoms with Crippen molar-refractivity contribution in [2.24, 2.45) is 11.8 Å². The van der Waals surface area contributed by atoms with Gasteiger partial charge in [-0.1, -0.05) is 17.7 Å². The molecule has 8 heteroatoms. The van der Waals surface area contributed by atoms with Crippen LogP contribution in [0.25, 0.3) is 0 Å². The number of benzene rings is 1. The monoisotopic (exact) mass is 422 g/mol. The molecule has 3 aliphatic rings. The van der Waals surface area contributed by atoms with E-state index < -0.39 is 10.0 Å². The van der Waals surface area contributed by atoms with E-state index in [0.29, 0.717) is 50.6 Å². The Hall–Kier alpha value is -1.48. The summed E-state index contributed by atoms with van der Waals surface area (Å²) in [6.07, 6.45) is 2.93. The number of likely N-dealkylation sites (tertiary alicyclic amines) is 1. The first kappa shape index (κ1) is 20.8. The van der Waals surface area contributed by atoms with Crippen LogP contribution in [-0.2, 0) is 24.3 Å². The van der Waals surface area contributed by atoms with Crippen LogP contribution < -0.4 is 0 Å². The first-order chi connectivity index (χ1) is 13.9. The summed E-state index contributed by atoms with van der Waals surface area (Å²) in [5.74, 6) is 0.279. The first-order valence-corrected chi connectivity index (χ1v) is 12.0. The number of sulfonamides is 1. The van der Waals surface area contributed by atoms with Crippen LogP contribution in [0.15, 0.2) is 29.2 Å². The highest BCUT2D eigenvalue weighted by molar-refractivity contribution is 7.89. The van der Waals surface area contributed by atoms with E-state index >= 15 is 0 Å². The lowest BCUT2D eigenvalue weighted by molar-refractivity contribution is -0.144. The van der Waals surface area contributed by atoms with Crippen molar-refractivity contribution < 1.29 is 22.7 Å². The molecule has 1 unspecified atom stereocenters. The molecule has 0 saturated carbocycles. The molecule has 1 aromatic rings. The van der Waals surface area contributed by atoms with E-state index in [4.69, 9.17) is 9.47 Å². The van der Waals surface area contributed by atoms with E-state index in [-0.39, 0.29) is 24.0 Å². The maximum absolute atomic E-state index is 13.1. The topological polar surface area (TPSA) is 76.2 Å². The highest BCUT2D eigenvalue weighted by atomic mass is 32.2. The van der Waals surface area contributed by atoms with Crippen LogP contribution in [0.4, 0.5) is 0 Å². The average molecular weight is 423 g/mol. The van der Waals surface area contributed by atoms with Gasteiger partial charge in [-0.25, -0.2) is 8.42 Å². The van der Waals surface area contributed by atoms with Gasteiger partial charge in [-0.15, -0.1) is 0 Å². The lowest BCUT2D eigenvalue weighted by atomic mass is 9.92. The molecular weight excluding hydrogens is 392 g/mol.